The number of rotatable bonds is 11. The Labute approximate surface area is 175 Å². The van der Waals surface area contributed by atoms with Crippen molar-refractivity contribution >= 4 is 17.0 Å². The number of fused-ring (bicyclic) bond motifs is 1. The molecule has 9 nitrogen and oxygen atoms in total. The van der Waals surface area contributed by atoms with Crippen molar-refractivity contribution in [1.29, 1.82) is 0 Å². The summed E-state index contributed by atoms with van der Waals surface area (Å²) in [5, 5.41) is 11.5. The molecule has 3 rings (SSSR count). The zero-order chi connectivity index (χ0) is 21.3. The van der Waals surface area contributed by atoms with Gasteiger partial charge in [0.15, 0.2) is 12.4 Å². The minimum atomic E-state index is -0.408. The molecule has 2 aromatic heterocycles. The van der Waals surface area contributed by atoms with Gasteiger partial charge in [-0.15, -0.1) is 5.10 Å². The van der Waals surface area contributed by atoms with Crippen LogP contribution in [0, 0.1) is 0 Å². The SMILES string of the molecule is CCCCn1nnnc1COC(=O)CCc1nc2ccccc2n(CCCC)c1=O. The Hall–Kier alpha value is -3.10. The Morgan fingerprint density at radius 1 is 1.10 bits per heavy atom. The summed E-state index contributed by atoms with van der Waals surface area (Å²) in [5.74, 6) is 0.108. The van der Waals surface area contributed by atoms with Crippen molar-refractivity contribution in [3.8, 4) is 0 Å². The number of para-hydroxylation sites is 2. The molecule has 0 fully saturated rings. The van der Waals surface area contributed by atoms with Crippen LogP contribution in [0.3, 0.4) is 0 Å². The van der Waals surface area contributed by atoms with Crippen LogP contribution in [-0.4, -0.2) is 35.7 Å². The molecule has 0 bridgehead atoms. The lowest BCUT2D eigenvalue weighted by Crippen LogP contribution is -2.26. The predicted octanol–water partition coefficient (Wildman–Crippen LogP) is 2.66. The van der Waals surface area contributed by atoms with Crippen LogP contribution in [0.2, 0.25) is 0 Å². The van der Waals surface area contributed by atoms with E-state index in [0.29, 0.717) is 24.6 Å². The standard InChI is InChI=1S/C21H28N6O3/c1-3-5-13-26-18-10-8-7-9-16(18)22-17(21(26)29)11-12-20(28)30-15-19-23-24-25-27(19)14-6-4-2/h7-10H,3-6,11-15H2,1-2H3. The summed E-state index contributed by atoms with van der Waals surface area (Å²) in [4.78, 5) is 29.6. The molecule has 1 aromatic carbocycles. The highest BCUT2D eigenvalue weighted by atomic mass is 16.5. The smallest absolute Gasteiger partial charge is 0.306 e. The second kappa shape index (κ2) is 10.6. The molecule has 3 aromatic rings. The van der Waals surface area contributed by atoms with Crippen LogP contribution in [0.4, 0.5) is 0 Å². The van der Waals surface area contributed by atoms with Gasteiger partial charge in [0.1, 0.15) is 5.69 Å². The van der Waals surface area contributed by atoms with Gasteiger partial charge in [0.25, 0.3) is 5.56 Å². The van der Waals surface area contributed by atoms with Gasteiger partial charge in [-0.2, -0.15) is 0 Å². The van der Waals surface area contributed by atoms with Gasteiger partial charge in [-0.3, -0.25) is 9.59 Å². The minimum absolute atomic E-state index is 0.0153. The van der Waals surface area contributed by atoms with Crippen LogP contribution in [0.15, 0.2) is 29.1 Å². The summed E-state index contributed by atoms with van der Waals surface area (Å²) >= 11 is 0. The molecule has 0 aliphatic heterocycles. The van der Waals surface area contributed by atoms with Crippen LogP contribution in [0.1, 0.15) is 57.5 Å². The number of carbonyl (C=O) groups excluding carboxylic acids is 1. The maximum atomic E-state index is 12.9. The highest BCUT2D eigenvalue weighted by Gasteiger charge is 2.14. The van der Waals surface area contributed by atoms with Crippen LogP contribution < -0.4 is 5.56 Å². The van der Waals surface area contributed by atoms with Crippen molar-refractivity contribution in [2.75, 3.05) is 0 Å². The van der Waals surface area contributed by atoms with Crippen molar-refractivity contribution in [2.24, 2.45) is 0 Å². The lowest BCUT2D eigenvalue weighted by molar-refractivity contribution is -0.145. The second-order valence-corrected chi connectivity index (χ2v) is 7.19. The molecule has 30 heavy (non-hydrogen) atoms. The van der Waals surface area contributed by atoms with E-state index >= 15 is 0 Å². The van der Waals surface area contributed by atoms with Crippen molar-refractivity contribution in [3.63, 3.8) is 0 Å². The van der Waals surface area contributed by atoms with Crippen LogP contribution in [-0.2, 0) is 35.6 Å². The molecule has 2 heterocycles. The fraction of sp³-hybridized carbons (Fsp3) is 0.524. The van der Waals surface area contributed by atoms with Crippen LogP contribution in [0.5, 0.6) is 0 Å². The first-order valence-electron chi connectivity index (χ1n) is 10.5. The Balaban J connectivity index is 1.65. The van der Waals surface area contributed by atoms with Crippen molar-refractivity contribution < 1.29 is 9.53 Å². The molecule has 0 amide bonds. The zero-order valence-corrected chi connectivity index (χ0v) is 17.6. The van der Waals surface area contributed by atoms with E-state index in [9.17, 15) is 9.59 Å². The third-order valence-electron chi connectivity index (χ3n) is 4.91. The van der Waals surface area contributed by atoms with E-state index in [1.165, 1.54) is 0 Å². The van der Waals surface area contributed by atoms with Crippen molar-refractivity contribution in [1.82, 2.24) is 29.8 Å². The number of esters is 1. The third kappa shape index (κ3) is 5.28. The van der Waals surface area contributed by atoms with E-state index < -0.39 is 5.97 Å². The molecule has 9 heteroatoms. The highest BCUT2D eigenvalue weighted by Crippen LogP contribution is 2.12. The summed E-state index contributed by atoms with van der Waals surface area (Å²) in [5.41, 5.74) is 1.82. The topological polar surface area (TPSA) is 105 Å². The predicted molar refractivity (Wildman–Crippen MR) is 112 cm³/mol. The van der Waals surface area contributed by atoms with Gasteiger partial charge in [-0.05, 0) is 35.4 Å². The lowest BCUT2D eigenvalue weighted by atomic mass is 10.2. The number of aromatic nitrogens is 6. The number of tetrazole rings is 1. The summed E-state index contributed by atoms with van der Waals surface area (Å²) in [6, 6.07) is 7.58. The van der Waals surface area contributed by atoms with E-state index in [2.05, 4.69) is 34.4 Å². The first kappa shape index (κ1) is 21.6. The summed E-state index contributed by atoms with van der Waals surface area (Å²) in [6.45, 7) is 5.51. The molecular weight excluding hydrogens is 384 g/mol. The zero-order valence-electron chi connectivity index (χ0n) is 17.6. The minimum Gasteiger partial charge on any atom is -0.457 e. The van der Waals surface area contributed by atoms with Gasteiger partial charge in [0, 0.05) is 19.5 Å². The first-order chi connectivity index (χ1) is 14.6. The van der Waals surface area contributed by atoms with Crippen LogP contribution >= 0.6 is 0 Å². The Bertz CT molecular complexity index is 1040. The third-order valence-corrected chi connectivity index (χ3v) is 4.91. The number of benzene rings is 1. The molecule has 0 radical (unpaired) electrons. The van der Waals surface area contributed by atoms with E-state index in [-0.39, 0.29) is 25.0 Å². The van der Waals surface area contributed by atoms with Gasteiger partial charge in [0.2, 0.25) is 0 Å². The quantitative estimate of drug-likeness (QED) is 0.446. The Morgan fingerprint density at radius 2 is 1.87 bits per heavy atom. The maximum Gasteiger partial charge on any atom is 0.306 e. The molecule has 0 N–H and O–H groups in total. The molecule has 0 saturated heterocycles. The van der Waals surface area contributed by atoms with E-state index in [1.807, 2.05) is 24.3 Å². The molecule has 0 aliphatic rings. The molecule has 0 spiro atoms. The lowest BCUT2D eigenvalue weighted by Gasteiger charge is -2.12. The molecule has 0 aliphatic carbocycles. The maximum absolute atomic E-state index is 12.9. The van der Waals surface area contributed by atoms with Crippen LogP contribution in [0.25, 0.3) is 11.0 Å². The number of aryl methyl sites for hydroxylation is 3. The number of carbonyl (C=O) groups is 1. The number of nitrogens with zero attached hydrogens (tertiary/aromatic N) is 6. The second-order valence-electron chi connectivity index (χ2n) is 7.19. The number of hydrogen-bond donors (Lipinski definition) is 0. The average molecular weight is 412 g/mol. The largest absolute Gasteiger partial charge is 0.457 e. The van der Waals surface area contributed by atoms with Gasteiger partial charge in [-0.25, -0.2) is 9.67 Å². The van der Waals surface area contributed by atoms with Crippen molar-refractivity contribution in [2.45, 2.75) is 72.1 Å². The summed E-state index contributed by atoms with van der Waals surface area (Å²) in [6.07, 6.45) is 4.17. The summed E-state index contributed by atoms with van der Waals surface area (Å²) in [7, 11) is 0. The highest BCUT2D eigenvalue weighted by molar-refractivity contribution is 5.75. The fourth-order valence-corrected chi connectivity index (χ4v) is 3.19. The molecule has 160 valence electrons. The van der Waals surface area contributed by atoms with Gasteiger partial charge in [-0.1, -0.05) is 38.8 Å². The van der Waals surface area contributed by atoms with Gasteiger partial charge < -0.3 is 9.30 Å². The summed E-state index contributed by atoms with van der Waals surface area (Å²) < 4.78 is 8.72. The monoisotopic (exact) mass is 412 g/mol. The number of hydrogen-bond acceptors (Lipinski definition) is 7. The number of unbranched alkanes of at least 4 members (excludes halogenated alkanes) is 2. The first-order valence-corrected chi connectivity index (χ1v) is 10.5. The van der Waals surface area contributed by atoms with E-state index in [0.717, 1.165) is 36.7 Å². The fourth-order valence-electron chi connectivity index (χ4n) is 3.19. The molecule has 0 unspecified atom stereocenters. The Kier molecular flexibility index (Phi) is 7.64. The van der Waals surface area contributed by atoms with Crippen molar-refractivity contribution in [3.05, 3.63) is 46.1 Å². The average Bonchev–Trinajstić information content (AvgIpc) is 3.21. The number of ether oxygens (including phenoxy) is 1. The Morgan fingerprint density at radius 3 is 2.67 bits per heavy atom. The van der Waals surface area contributed by atoms with Gasteiger partial charge in [0.05, 0.1) is 17.5 Å². The molecule has 0 atom stereocenters. The normalized spacial score (nSPS) is 11.1. The van der Waals surface area contributed by atoms with E-state index in [1.54, 1.807) is 9.25 Å². The van der Waals surface area contributed by atoms with Gasteiger partial charge >= 0.3 is 5.97 Å². The molecular formula is C21H28N6O3. The van der Waals surface area contributed by atoms with E-state index in [4.69, 9.17) is 4.74 Å². The molecule has 0 saturated carbocycles.